The van der Waals surface area contributed by atoms with E-state index in [4.69, 9.17) is 9.72 Å². The van der Waals surface area contributed by atoms with Crippen LogP contribution in [-0.2, 0) is 4.74 Å². The van der Waals surface area contributed by atoms with Crippen LogP contribution in [0.4, 0.5) is 0 Å². The molecule has 0 unspecified atom stereocenters. The number of benzene rings is 2. The molecule has 1 amide bonds. The average molecular weight is 346 g/mol. The van der Waals surface area contributed by atoms with Gasteiger partial charge in [-0.2, -0.15) is 0 Å². The zero-order valence-electron chi connectivity index (χ0n) is 14.8. The van der Waals surface area contributed by atoms with Gasteiger partial charge in [-0.25, -0.2) is 0 Å². The standard InChI is InChI=1S/C22H22N2O2/c1-26-21(16-7-3-2-4-8-16)14-23-22(25)18-13-20(15-11-12-15)24-19-10-6-5-9-17(18)19/h2-10,13,15,21H,11-12,14H2,1H3,(H,23,25)/t21-/m1/s1. The van der Waals surface area contributed by atoms with E-state index in [0.717, 1.165) is 35.0 Å². The first-order valence-electron chi connectivity index (χ1n) is 9.02. The third kappa shape index (κ3) is 3.46. The molecule has 0 aliphatic heterocycles. The Balaban J connectivity index is 1.58. The molecule has 0 spiro atoms. The van der Waals surface area contributed by atoms with Crippen molar-refractivity contribution in [2.24, 2.45) is 0 Å². The molecule has 1 aromatic heterocycles. The van der Waals surface area contributed by atoms with Gasteiger partial charge < -0.3 is 10.1 Å². The molecule has 4 nitrogen and oxygen atoms in total. The van der Waals surface area contributed by atoms with Gasteiger partial charge in [-0.3, -0.25) is 9.78 Å². The van der Waals surface area contributed by atoms with Gasteiger partial charge in [0, 0.05) is 30.7 Å². The Labute approximate surface area is 153 Å². The van der Waals surface area contributed by atoms with E-state index in [1.807, 2.05) is 60.7 Å². The number of rotatable bonds is 6. The van der Waals surface area contributed by atoms with Crippen LogP contribution >= 0.6 is 0 Å². The Morgan fingerprint density at radius 1 is 1.15 bits per heavy atom. The van der Waals surface area contributed by atoms with Gasteiger partial charge in [0.15, 0.2) is 0 Å². The number of carbonyl (C=O) groups excluding carboxylic acids is 1. The van der Waals surface area contributed by atoms with Gasteiger partial charge in [0.2, 0.25) is 0 Å². The first-order chi connectivity index (χ1) is 12.8. The highest BCUT2D eigenvalue weighted by atomic mass is 16.5. The summed E-state index contributed by atoms with van der Waals surface area (Å²) in [6.45, 7) is 0.425. The van der Waals surface area contributed by atoms with E-state index in [-0.39, 0.29) is 12.0 Å². The summed E-state index contributed by atoms with van der Waals surface area (Å²) in [5.74, 6) is 0.422. The fourth-order valence-electron chi connectivity index (χ4n) is 3.26. The first-order valence-corrected chi connectivity index (χ1v) is 9.02. The van der Waals surface area contributed by atoms with Gasteiger partial charge in [0.1, 0.15) is 0 Å². The quantitative estimate of drug-likeness (QED) is 0.727. The van der Waals surface area contributed by atoms with E-state index in [1.165, 1.54) is 0 Å². The number of hydrogen-bond acceptors (Lipinski definition) is 3. The van der Waals surface area contributed by atoms with Gasteiger partial charge in [-0.15, -0.1) is 0 Å². The Bertz CT molecular complexity index is 920. The van der Waals surface area contributed by atoms with Crippen LogP contribution in [0.3, 0.4) is 0 Å². The molecule has 26 heavy (non-hydrogen) atoms. The van der Waals surface area contributed by atoms with Gasteiger partial charge in [0.05, 0.1) is 17.2 Å². The Hall–Kier alpha value is -2.72. The predicted octanol–water partition coefficient (Wildman–Crippen LogP) is 4.23. The third-order valence-electron chi connectivity index (χ3n) is 4.88. The Kier molecular flexibility index (Phi) is 4.67. The largest absolute Gasteiger partial charge is 0.375 e. The number of ether oxygens (including phenoxy) is 1. The van der Waals surface area contributed by atoms with Gasteiger partial charge in [0.25, 0.3) is 5.91 Å². The minimum Gasteiger partial charge on any atom is -0.375 e. The van der Waals surface area contributed by atoms with Crippen LogP contribution in [-0.4, -0.2) is 24.5 Å². The number of para-hydroxylation sites is 1. The minimum absolute atomic E-state index is 0.0801. The van der Waals surface area contributed by atoms with Crippen LogP contribution < -0.4 is 5.32 Å². The molecule has 3 aromatic rings. The molecule has 0 radical (unpaired) electrons. The normalized spacial score (nSPS) is 15.0. The van der Waals surface area contributed by atoms with Crippen molar-refractivity contribution in [3.63, 3.8) is 0 Å². The second-order valence-electron chi connectivity index (χ2n) is 6.73. The Morgan fingerprint density at radius 2 is 1.88 bits per heavy atom. The highest BCUT2D eigenvalue weighted by molar-refractivity contribution is 6.06. The molecule has 1 aliphatic rings. The number of aromatic nitrogens is 1. The molecule has 1 aliphatic carbocycles. The van der Waals surface area contributed by atoms with Crippen LogP contribution in [0.5, 0.6) is 0 Å². The summed E-state index contributed by atoms with van der Waals surface area (Å²) in [5.41, 5.74) is 3.66. The molecule has 1 saturated carbocycles. The van der Waals surface area contributed by atoms with E-state index in [9.17, 15) is 4.79 Å². The maximum atomic E-state index is 12.9. The van der Waals surface area contributed by atoms with Crippen molar-refractivity contribution in [2.75, 3.05) is 13.7 Å². The van der Waals surface area contributed by atoms with E-state index < -0.39 is 0 Å². The average Bonchev–Trinajstić information content (AvgIpc) is 3.53. The van der Waals surface area contributed by atoms with Crippen molar-refractivity contribution in [1.82, 2.24) is 10.3 Å². The minimum atomic E-state index is -0.170. The van der Waals surface area contributed by atoms with Crippen molar-refractivity contribution in [2.45, 2.75) is 24.9 Å². The van der Waals surface area contributed by atoms with E-state index in [1.54, 1.807) is 7.11 Å². The summed E-state index contributed by atoms with van der Waals surface area (Å²) in [5, 5.41) is 3.93. The number of carbonyl (C=O) groups is 1. The zero-order chi connectivity index (χ0) is 17.9. The summed E-state index contributed by atoms with van der Waals surface area (Å²) in [7, 11) is 1.66. The molecule has 4 rings (SSSR count). The number of nitrogens with one attached hydrogen (secondary N) is 1. The van der Waals surface area contributed by atoms with Crippen molar-refractivity contribution < 1.29 is 9.53 Å². The van der Waals surface area contributed by atoms with Crippen molar-refractivity contribution in [3.8, 4) is 0 Å². The molecule has 1 atom stereocenters. The summed E-state index contributed by atoms with van der Waals surface area (Å²) >= 11 is 0. The van der Waals surface area contributed by atoms with E-state index in [2.05, 4.69) is 5.32 Å². The van der Waals surface area contributed by atoms with Crippen molar-refractivity contribution >= 4 is 16.8 Å². The van der Waals surface area contributed by atoms with Crippen LogP contribution in [0, 0.1) is 0 Å². The van der Waals surface area contributed by atoms with E-state index in [0.29, 0.717) is 18.0 Å². The molecule has 1 fully saturated rings. The number of fused-ring (bicyclic) bond motifs is 1. The molecule has 0 saturated heterocycles. The molecular formula is C22H22N2O2. The predicted molar refractivity (Wildman–Crippen MR) is 102 cm³/mol. The highest BCUT2D eigenvalue weighted by Crippen LogP contribution is 2.40. The van der Waals surface area contributed by atoms with Crippen LogP contribution in [0.2, 0.25) is 0 Å². The number of methoxy groups -OCH3 is 1. The third-order valence-corrected chi connectivity index (χ3v) is 4.88. The summed E-state index contributed by atoms with van der Waals surface area (Å²) < 4.78 is 5.56. The monoisotopic (exact) mass is 346 g/mol. The smallest absolute Gasteiger partial charge is 0.252 e. The molecule has 1 heterocycles. The summed E-state index contributed by atoms with van der Waals surface area (Å²) in [6, 6.07) is 19.7. The lowest BCUT2D eigenvalue weighted by Gasteiger charge is -2.17. The van der Waals surface area contributed by atoms with Crippen LogP contribution in [0.15, 0.2) is 60.7 Å². The molecule has 2 aromatic carbocycles. The van der Waals surface area contributed by atoms with Gasteiger partial charge in [-0.1, -0.05) is 48.5 Å². The van der Waals surface area contributed by atoms with Gasteiger partial charge >= 0.3 is 0 Å². The van der Waals surface area contributed by atoms with Crippen molar-refractivity contribution in [1.29, 1.82) is 0 Å². The highest BCUT2D eigenvalue weighted by Gasteiger charge is 2.27. The fourth-order valence-corrected chi connectivity index (χ4v) is 3.26. The number of nitrogens with zero attached hydrogens (tertiary/aromatic N) is 1. The fraction of sp³-hybridized carbons (Fsp3) is 0.273. The lowest BCUT2D eigenvalue weighted by atomic mass is 10.0. The second-order valence-corrected chi connectivity index (χ2v) is 6.73. The maximum absolute atomic E-state index is 12.9. The molecule has 1 N–H and O–H groups in total. The first kappa shape index (κ1) is 16.7. The summed E-state index contributed by atoms with van der Waals surface area (Å²) in [6.07, 6.45) is 2.15. The van der Waals surface area contributed by atoms with E-state index >= 15 is 0 Å². The number of amides is 1. The maximum Gasteiger partial charge on any atom is 0.252 e. The second kappa shape index (κ2) is 7.26. The van der Waals surface area contributed by atoms with Crippen LogP contribution in [0.25, 0.3) is 10.9 Å². The number of hydrogen-bond donors (Lipinski definition) is 1. The van der Waals surface area contributed by atoms with Crippen molar-refractivity contribution in [3.05, 3.63) is 77.5 Å². The molecule has 132 valence electrons. The molecular weight excluding hydrogens is 324 g/mol. The van der Waals surface area contributed by atoms with Crippen LogP contribution in [0.1, 0.15) is 46.5 Å². The van der Waals surface area contributed by atoms with Gasteiger partial charge in [-0.05, 0) is 30.5 Å². The lowest BCUT2D eigenvalue weighted by molar-refractivity contribution is 0.0829. The Morgan fingerprint density at radius 3 is 2.62 bits per heavy atom. The molecule has 0 bridgehead atoms. The topological polar surface area (TPSA) is 51.2 Å². The zero-order valence-corrected chi connectivity index (χ0v) is 14.8. The number of pyridine rings is 1. The summed E-state index contributed by atoms with van der Waals surface area (Å²) in [4.78, 5) is 17.6. The lowest BCUT2D eigenvalue weighted by Crippen LogP contribution is -2.29. The SMILES string of the molecule is CO[C@H](CNC(=O)c1cc(C2CC2)nc2ccccc12)c1ccccc1. The molecule has 4 heteroatoms.